The summed E-state index contributed by atoms with van der Waals surface area (Å²) in [5.74, 6) is 0. The highest BCUT2D eigenvalue weighted by atomic mass is 16.5. The van der Waals surface area contributed by atoms with Crippen LogP contribution in [0.15, 0.2) is 30.5 Å². The van der Waals surface area contributed by atoms with E-state index in [1.807, 2.05) is 0 Å². The van der Waals surface area contributed by atoms with Gasteiger partial charge in [0.1, 0.15) is 0 Å². The number of nitrogens with one attached hydrogen (secondary N) is 1. The topological polar surface area (TPSA) is 26.2 Å². The first-order valence-corrected chi connectivity index (χ1v) is 7.06. The summed E-state index contributed by atoms with van der Waals surface area (Å²) >= 11 is 0. The predicted octanol–water partition coefficient (Wildman–Crippen LogP) is 3.35. The second-order valence-electron chi connectivity index (χ2n) is 5.00. The molecule has 0 radical (unpaired) electrons. The van der Waals surface area contributed by atoms with E-state index in [-0.39, 0.29) is 0 Å². The van der Waals surface area contributed by atoms with Gasteiger partial charge in [0.05, 0.1) is 12.1 Å². The summed E-state index contributed by atoms with van der Waals surface area (Å²) in [6.45, 7) is 7.03. The number of para-hydroxylation sites is 1. The molecule has 2 rings (SSSR count). The number of rotatable bonds is 7. The molecular weight excluding hydrogens is 236 g/mol. The molecule has 3 heteroatoms. The van der Waals surface area contributed by atoms with Crippen LogP contribution in [0.2, 0.25) is 0 Å². The molecule has 1 atom stereocenters. The summed E-state index contributed by atoms with van der Waals surface area (Å²) in [6.07, 6.45) is 3.35. The van der Waals surface area contributed by atoms with Crippen molar-refractivity contribution in [2.45, 2.75) is 32.9 Å². The van der Waals surface area contributed by atoms with Crippen molar-refractivity contribution in [3.63, 3.8) is 0 Å². The molecule has 0 amide bonds. The molecule has 1 unspecified atom stereocenters. The standard InChI is InChI=1S/C16H24N2O/c1-4-13(2)18-10-8-14-6-5-7-15(16(14)18)12-17-9-11-19-3/h5-8,10,13,17H,4,9,11-12H2,1-3H3. The second kappa shape index (κ2) is 6.73. The van der Waals surface area contributed by atoms with Gasteiger partial charge in [0.15, 0.2) is 0 Å². The van der Waals surface area contributed by atoms with Crippen molar-refractivity contribution in [3.8, 4) is 0 Å². The first-order chi connectivity index (χ1) is 9.27. The number of benzene rings is 1. The van der Waals surface area contributed by atoms with Gasteiger partial charge in [0.25, 0.3) is 0 Å². The van der Waals surface area contributed by atoms with E-state index in [1.54, 1.807) is 7.11 Å². The van der Waals surface area contributed by atoms with E-state index in [9.17, 15) is 0 Å². The number of aromatic nitrogens is 1. The normalized spacial score (nSPS) is 13.0. The Labute approximate surface area is 115 Å². The molecule has 19 heavy (non-hydrogen) atoms. The summed E-state index contributed by atoms with van der Waals surface area (Å²) in [4.78, 5) is 0. The number of fused-ring (bicyclic) bond motifs is 1. The first-order valence-electron chi connectivity index (χ1n) is 7.06. The predicted molar refractivity (Wildman–Crippen MR) is 80.5 cm³/mol. The minimum Gasteiger partial charge on any atom is -0.383 e. The average Bonchev–Trinajstić information content (AvgIpc) is 2.87. The van der Waals surface area contributed by atoms with Gasteiger partial charge in [0, 0.05) is 32.4 Å². The van der Waals surface area contributed by atoms with Gasteiger partial charge < -0.3 is 14.6 Å². The molecule has 2 aromatic rings. The zero-order valence-corrected chi connectivity index (χ0v) is 12.1. The van der Waals surface area contributed by atoms with Crippen LogP contribution in [0.4, 0.5) is 0 Å². The van der Waals surface area contributed by atoms with Gasteiger partial charge >= 0.3 is 0 Å². The van der Waals surface area contributed by atoms with Gasteiger partial charge in [-0.15, -0.1) is 0 Å². The minimum atomic E-state index is 0.539. The number of methoxy groups -OCH3 is 1. The van der Waals surface area contributed by atoms with E-state index in [4.69, 9.17) is 4.74 Å². The fourth-order valence-corrected chi connectivity index (χ4v) is 2.40. The van der Waals surface area contributed by atoms with Crippen molar-refractivity contribution in [1.29, 1.82) is 0 Å². The molecule has 0 fully saturated rings. The third-order valence-electron chi connectivity index (χ3n) is 3.69. The molecule has 0 aliphatic rings. The van der Waals surface area contributed by atoms with Crippen LogP contribution < -0.4 is 5.32 Å². The first kappa shape index (κ1) is 14.1. The van der Waals surface area contributed by atoms with E-state index in [0.717, 1.165) is 26.1 Å². The number of hydrogen-bond donors (Lipinski definition) is 1. The highest BCUT2D eigenvalue weighted by molar-refractivity contribution is 5.83. The Bertz CT molecular complexity index is 518. The molecule has 1 N–H and O–H groups in total. The molecule has 0 saturated heterocycles. The monoisotopic (exact) mass is 260 g/mol. The zero-order chi connectivity index (χ0) is 13.7. The minimum absolute atomic E-state index is 0.539. The number of nitrogens with zero attached hydrogens (tertiary/aromatic N) is 1. The molecular formula is C16H24N2O. The van der Waals surface area contributed by atoms with Gasteiger partial charge in [-0.05, 0) is 30.4 Å². The summed E-state index contributed by atoms with van der Waals surface area (Å²) in [5.41, 5.74) is 2.72. The molecule has 1 heterocycles. The van der Waals surface area contributed by atoms with Crippen LogP contribution in [-0.4, -0.2) is 24.8 Å². The maximum atomic E-state index is 5.06. The molecule has 3 nitrogen and oxygen atoms in total. The van der Waals surface area contributed by atoms with Crippen molar-refractivity contribution in [3.05, 3.63) is 36.0 Å². The number of hydrogen-bond acceptors (Lipinski definition) is 2. The van der Waals surface area contributed by atoms with Gasteiger partial charge in [-0.25, -0.2) is 0 Å². The SMILES string of the molecule is CCC(C)n1ccc2cccc(CNCCOC)c21. The summed E-state index contributed by atoms with van der Waals surface area (Å²) in [6, 6.07) is 9.28. The number of ether oxygens (including phenoxy) is 1. The van der Waals surface area contributed by atoms with E-state index < -0.39 is 0 Å². The average molecular weight is 260 g/mol. The van der Waals surface area contributed by atoms with Crippen LogP contribution in [0.1, 0.15) is 31.9 Å². The van der Waals surface area contributed by atoms with Crippen LogP contribution in [0.25, 0.3) is 10.9 Å². The van der Waals surface area contributed by atoms with Gasteiger partial charge in [0.2, 0.25) is 0 Å². The third-order valence-corrected chi connectivity index (χ3v) is 3.69. The van der Waals surface area contributed by atoms with E-state index in [0.29, 0.717) is 6.04 Å². The van der Waals surface area contributed by atoms with Crippen LogP contribution in [0.5, 0.6) is 0 Å². The van der Waals surface area contributed by atoms with E-state index in [1.165, 1.54) is 16.5 Å². The molecule has 104 valence electrons. The molecule has 1 aromatic heterocycles. The lowest BCUT2D eigenvalue weighted by Crippen LogP contribution is -2.19. The van der Waals surface area contributed by atoms with Crippen molar-refractivity contribution >= 4 is 10.9 Å². The molecule has 0 aliphatic heterocycles. The summed E-state index contributed by atoms with van der Waals surface area (Å²) in [5, 5.41) is 4.76. The van der Waals surface area contributed by atoms with Crippen LogP contribution in [0.3, 0.4) is 0 Å². The van der Waals surface area contributed by atoms with Crippen LogP contribution in [0, 0.1) is 0 Å². The van der Waals surface area contributed by atoms with Crippen molar-refractivity contribution in [2.24, 2.45) is 0 Å². The smallest absolute Gasteiger partial charge is 0.0587 e. The third kappa shape index (κ3) is 3.17. The lowest BCUT2D eigenvalue weighted by molar-refractivity contribution is 0.199. The lowest BCUT2D eigenvalue weighted by atomic mass is 10.1. The highest BCUT2D eigenvalue weighted by Crippen LogP contribution is 2.25. The Morgan fingerprint density at radius 3 is 2.89 bits per heavy atom. The van der Waals surface area contributed by atoms with Gasteiger partial charge in [-0.3, -0.25) is 0 Å². The van der Waals surface area contributed by atoms with Crippen molar-refractivity contribution < 1.29 is 4.74 Å². The molecule has 0 bridgehead atoms. The van der Waals surface area contributed by atoms with Crippen molar-refractivity contribution in [1.82, 2.24) is 9.88 Å². The van der Waals surface area contributed by atoms with Crippen LogP contribution in [-0.2, 0) is 11.3 Å². The van der Waals surface area contributed by atoms with Crippen molar-refractivity contribution in [2.75, 3.05) is 20.3 Å². The summed E-state index contributed by atoms with van der Waals surface area (Å²) in [7, 11) is 1.73. The van der Waals surface area contributed by atoms with Gasteiger partial charge in [-0.1, -0.05) is 25.1 Å². The Hall–Kier alpha value is -1.32. The van der Waals surface area contributed by atoms with E-state index >= 15 is 0 Å². The second-order valence-corrected chi connectivity index (χ2v) is 5.00. The molecule has 0 aliphatic carbocycles. The fourth-order valence-electron chi connectivity index (χ4n) is 2.40. The zero-order valence-electron chi connectivity index (χ0n) is 12.1. The van der Waals surface area contributed by atoms with Crippen LogP contribution >= 0.6 is 0 Å². The largest absolute Gasteiger partial charge is 0.383 e. The Kier molecular flexibility index (Phi) is 5.00. The molecule has 0 spiro atoms. The Morgan fingerprint density at radius 2 is 2.16 bits per heavy atom. The lowest BCUT2D eigenvalue weighted by Gasteiger charge is -2.15. The fraction of sp³-hybridized carbons (Fsp3) is 0.500. The van der Waals surface area contributed by atoms with Gasteiger partial charge in [-0.2, -0.15) is 0 Å². The summed E-state index contributed by atoms with van der Waals surface area (Å²) < 4.78 is 7.46. The van der Waals surface area contributed by atoms with E-state index in [2.05, 4.69) is 54.2 Å². The Morgan fingerprint density at radius 1 is 1.32 bits per heavy atom. The maximum Gasteiger partial charge on any atom is 0.0587 e. The highest BCUT2D eigenvalue weighted by Gasteiger charge is 2.09. The quantitative estimate of drug-likeness (QED) is 0.773. The Balaban J connectivity index is 2.24. The maximum absolute atomic E-state index is 5.06. The molecule has 0 saturated carbocycles. The molecule has 1 aromatic carbocycles.